The van der Waals surface area contributed by atoms with E-state index in [2.05, 4.69) is 15.3 Å². The van der Waals surface area contributed by atoms with E-state index in [-0.39, 0.29) is 29.9 Å². The van der Waals surface area contributed by atoms with E-state index in [4.69, 9.17) is 32.9 Å². The molecule has 12 heteroatoms. The van der Waals surface area contributed by atoms with Crippen molar-refractivity contribution in [1.29, 1.82) is 0 Å². The van der Waals surface area contributed by atoms with Crippen LogP contribution in [-0.4, -0.2) is 63.8 Å². The van der Waals surface area contributed by atoms with Gasteiger partial charge in [0.2, 0.25) is 5.91 Å². The van der Waals surface area contributed by atoms with Gasteiger partial charge in [0.05, 0.1) is 12.6 Å². The van der Waals surface area contributed by atoms with Crippen molar-refractivity contribution in [2.24, 2.45) is 4.99 Å². The van der Waals surface area contributed by atoms with Crippen LogP contribution in [0.2, 0.25) is 10.0 Å². The fraction of sp³-hybridized carbons (Fsp3) is 0.269. The van der Waals surface area contributed by atoms with Crippen LogP contribution >= 0.6 is 23.2 Å². The molecule has 1 saturated heterocycles. The van der Waals surface area contributed by atoms with E-state index >= 15 is 0 Å². The van der Waals surface area contributed by atoms with Gasteiger partial charge in [0.1, 0.15) is 24.0 Å². The quantitative estimate of drug-likeness (QED) is 0.499. The molecule has 1 aromatic heterocycles. The molecule has 0 radical (unpaired) electrons. The SMILES string of the molecule is CCOc1ncc(C2=N[C@@H](c3ccc(Cl)cc3)[C@@H](c3ccc(Cl)cc3)N2C(=O)N2CCNC(=O)C2)c(=O)[nH]1. The van der Waals surface area contributed by atoms with Crippen LogP contribution in [0.1, 0.15) is 35.7 Å². The molecule has 3 amide bonds. The number of hydrogen-bond acceptors (Lipinski definition) is 6. The Balaban J connectivity index is 1.67. The van der Waals surface area contributed by atoms with Gasteiger partial charge in [-0.05, 0) is 42.3 Å². The second kappa shape index (κ2) is 10.8. The largest absolute Gasteiger partial charge is 0.465 e. The van der Waals surface area contributed by atoms with E-state index in [9.17, 15) is 14.4 Å². The van der Waals surface area contributed by atoms with Crippen molar-refractivity contribution in [3.05, 3.63) is 91.8 Å². The molecule has 0 saturated carbocycles. The lowest BCUT2D eigenvalue weighted by atomic mass is 9.94. The van der Waals surface area contributed by atoms with Crippen LogP contribution in [0.25, 0.3) is 0 Å². The number of halogens is 2. The van der Waals surface area contributed by atoms with Gasteiger partial charge in [-0.2, -0.15) is 0 Å². The van der Waals surface area contributed by atoms with Crippen LogP contribution in [0.4, 0.5) is 4.79 Å². The van der Waals surface area contributed by atoms with Crippen LogP contribution in [0.5, 0.6) is 6.01 Å². The summed E-state index contributed by atoms with van der Waals surface area (Å²) in [6.07, 6.45) is 1.34. The summed E-state index contributed by atoms with van der Waals surface area (Å²) in [5.41, 5.74) is 1.12. The third-order valence-electron chi connectivity index (χ3n) is 6.30. The zero-order chi connectivity index (χ0) is 26.8. The molecule has 2 atom stereocenters. The Morgan fingerprint density at radius 3 is 2.32 bits per heavy atom. The van der Waals surface area contributed by atoms with Crippen molar-refractivity contribution in [1.82, 2.24) is 25.1 Å². The molecule has 2 aliphatic heterocycles. The molecule has 1 fully saturated rings. The van der Waals surface area contributed by atoms with Gasteiger partial charge in [0.15, 0.2) is 0 Å². The summed E-state index contributed by atoms with van der Waals surface area (Å²) < 4.78 is 5.32. The summed E-state index contributed by atoms with van der Waals surface area (Å²) >= 11 is 12.3. The first-order valence-electron chi connectivity index (χ1n) is 12.0. The van der Waals surface area contributed by atoms with Gasteiger partial charge >= 0.3 is 6.03 Å². The Bertz CT molecular complexity index is 1440. The Morgan fingerprint density at radius 1 is 1.05 bits per heavy atom. The number of H-pyrrole nitrogens is 1. The van der Waals surface area contributed by atoms with Gasteiger partial charge in [-0.3, -0.25) is 24.5 Å². The van der Waals surface area contributed by atoms with Crippen LogP contribution in [0.3, 0.4) is 0 Å². The number of nitrogens with one attached hydrogen (secondary N) is 2. The molecule has 0 aliphatic carbocycles. The van der Waals surface area contributed by atoms with Gasteiger partial charge in [-0.1, -0.05) is 47.5 Å². The van der Waals surface area contributed by atoms with E-state index in [1.807, 2.05) is 24.3 Å². The maximum atomic E-state index is 14.1. The minimum atomic E-state index is -0.646. The average Bonchev–Trinajstić information content (AvgIpc) is 3.29. The molecule has 0 spiro atoms. The molecule has 0 unspecified atom stereocenters. The third kappa shape index (κ3) is 5.09. The Labute approximate surface area is 228 Å². The number of hydrogen-bond donors (Lipinski definition) is 2. The molecule has 2 aliphatic rings. The fourth-order valence-corrected chi connectivity index (χ4v) is 4.81. The predicted molar refractivity (Wildman–Crippen MR) is 143 cm³/mol. The van der Waals surface area contributed by atoms with E-state index in [1.165, 1.54) is 16.0 Å². The molecule has 10 nitrogen and oxygen atoms in total. The minimum absolute atomic E-state index is 0.0638. The summed E-state index contributed by atoms with van der Waals surface area (Å²) in [6.45, 7) is 2.62. The van der Waals surface area contributed by atoms with Crippen molar-refractivity contribution < 1.29 is 14.3 Å². The van der Waals surface area contributed by atoms with Crippen LogP contribution < -0.4 is 15.6 Å². The van der Waals surface area contributed by atoms with Crippen molar-refractivity contribution in [2.45, 2.75) is 19.0 Å². The monoisotopic (exact) mass is 554 g/mol. The molecular weight excluding hydrogens is 531 g/mol. The highest BCUT2D eigenvalue weighted by Gasteiger charge is 2.45. The standard InChI is InChI=1S/C26H24Cl2N6O4/c1-2-38-25-30-13-19(24(36)32-25)23-31-21(15-3-7-17(27)8-4-15)22(16-5-9-18(28)10-6-16)34(23)26(37)33-12-11-29-20(35)14-33/h3-10,13,21-22H,2,11-12,14H2,1H3,(H,29,35)(H,30,32,36)/t21-,22+/m0/s1. The molecule has 3 aromatic rings. The summed E-state index contributed by atoms with van der Waals surface area (Å²) in [6, 6.07) is 12.6. The number of nitrogens with zero attached hydrogens (tertiary/aromatic N) is 4. The summed E-state index contributed by atoms with van der Waals surface area (Å²) in [5, 5.41) is 3.82. The zero-order valence-corrected chi connectivity index (χ0v) is 21.9. The Hall–Kier alpha value is -3.89. The first-order valence-corrected chi connectivity index (χ1v) is 12.8. The number of aromatic amines is 1. The summed E-state index contributed by atoms with van der Waals surface area (Å²) in [4.78, 5) is 54.0. The van der Waals surface area contributed by atoms with E-state index in [0.29, 0.717) is 29.7 Å². The van der Waals surface area contributed by atoms with Gasteiger partial charge in [-0.25, -0.2) is 9.78 Å². The molecule has 0 bridgehead atoms. The van der Waals surface area contributed by atoms with Gasteiger partial charge in [0, 0.05) is 29.3 Å². The number of amides is 3. The third-order valence-corrected chi connectivity index (χ3v) is 6.81. The molecule has 2 aromatic carbocycles. The van der Waals surface area contributed by atoms with Crippen molar-refractivity contribution in [3.63, 3.8) is 0 Å². The molecule has 196 valence electrons. The number of benzene rings is 2. The second-order valence-electron chi connectivity index (χ2n) is 8.73. The van der Waals surface area contributed by atoms with Crippen LogP contribution in [0, 0.1) is 0 Å². The summed E-state index contributed by atoms with van der Waals surface area (Å²) in [5.74, 6) is -0.127. The first-order chi connectivity index (χ1) is 18.4. The normalized spacial score (nSPS) is 19.2. The number of ether oxygens (including phenoxy) is 1. The Kier molecular flexibility index (Phi) is 7.35. The lowest BCUT2D eigenvalue weighted by Gasteiger charge is -2.35. The molecular formula is C26H24Cl2N6O4. The second-order valence-corrected chi connectivity index (χ2v) is 9.61. The van der Waals surface area contributed by atoms with Crippen molar-refractivity contribution in [2.75, 3.05) is 26.2 Å². The van der Waals surface area contributed by atoms with Gasteiger partial charge in [0.25, 0.3) is 11.6 Å². The molecule has 2 N–H and O–H groups in total. The highest BCUT2D eigenvalue weighted by Crippen LogP contribution is 2.44. The fourth-order valence-electron chi connectivity index (χ4n) is 4.56. The minimum Gasteiger partial charge on any atom is -0.465 e. The Morgan fingerprint density at radius 2 is 1.71 bits per heavy atom. The lowest BCUT2D eigenvalue weighted by molar-refractivity contribution is -0.123. The number of amidine groups is 1. The smallest absolute Gasteiger partial charge is 0.326 e. The topological polar surface area (TPSA) is 120 Å². The number of piperazine rings is 1. The molecule has 38 heavy (non-hydrogen) atoms. The lowest BCUT2D eigenvalue weighted by Crippen LogP contribution is -2.55. The number of aliphatic imine (C=N–C) groups is 1. The number of aromatic nitrogens is 2. The highest BCUT2D eigenvalue weighted by molar-refractivity contribution is 6.30. The van der Waals surface area contributed by atoms with E-state index in [1.54, 1.807) is 31.2 Å². The molecule has 3 heterocycles. The van der Waals surface area contributed by atoms with E-state index in [0.717, 1.165) is 11.1 Å². The molecule has 5 rings (SSSR count). The van der Waals surface area contributed by atoms with Crippen LogP contribution in [-0.2, 0) is 4.79 Å². The first kappa shape index (κ1) is 25.7. The summed E-state index contributed by atoms with van der Waals surface area (Å²) in [7, 11) is 0. The number of urea groups is 1. The van der Waals surface area contributed by atoms with Gasteiger partial charge < -0.3 is 15.0 Å². The van der Waals surface area contributed by atoms with Crippen LogP contribution in [0.15, 0.2) is 64.5 Å². The van der Waals surface area contributed by atoms with Crippen molar-refractivity contribution in [3.8, 4) is 6.01 Å². The maximum Gasteiger partial charge on any atom is 0.326 e. The zero-order valence-electron chi connectivity index (χ0n) is 20.4. The van der Waals surface area contributed by atoms with Crippen molar-refractivity contribution >= 4 is 41.0 Å². The highest BCUT2D eigenvalue weighted by atomic mass is 35.5. The van der Waals surface area contributed by atoms with E-state index < -0.39 is 23.7 Å². The van der Waals surface area contributed by atoms with Gasteiger partial charge in [-0.15, -0.1) is 0 Å². The maximum absolute atomic E-state index is 14.1. The predicted octanol–water partition coefficient (Wildman–Crippen LogP) is 3.57. The average molecular weight is 555 g/mol. The number of carbonyl (C=O) groups excluding carboxylic acids is 2. The number of rotatable bonds is 5. The number of carbonyl (C=O) groups is 2.